The molecule has 3 heterocycles. The maximum atomic E-state index is 12.2. The maximum absolute atomic E-state index is 12.2. The van der Waals surface area contributed by atoms with E-state index in [2.05, 4.69) is 15.5 Å². The van der Waals surface area contributed by atoms with Crippen molar-refractivity contribution in [3.05, 3.63) is 64.0 Å². The molecule has 0 saturated heterocycles. The average molecular weight is 412 g/mol. The Morgan fingerprint density at radius 1 is 1.31 bits per heavy atom. The summed E-state index contributed by atoms with van der Waals surface area (Å²) in [5.41, 5.74) is 2.14. The van der Waals surface area contributed by atoms with E-state index < -0.39 is 0 Å². The summed E-state index contributed by atoms with van der Waals surface area (Å²) in [6, 6.07) is 11.2. The summed E-state index contributed by atoms with van der Waals surface area (Å²) in [7, 11) is 0. The van der Waals surface area contributed by atoms with Gasteiger partial charge in [0.05, 0.1) is 12.2 Å². The zero-order chi connectivity index (χ0) is 20.2. The number of esters is 1. The number of nitrogens with one attached hydrogen (secondary N) is 1. The third-order valence-corrected chi connectivity index (χ3v) is 5.48. The number of carbonyl (C=O) groups is 2. The second-order valence-corrected chi connectivity index (χ2v) is 7.86. The molecule has 4 rings (SSSR count). The highest BCUT2D eigenvalue weighted by Gasteiger charge is 2.24. The second kappa shape index (κ2) is 8.54. The van der Waals surface area contributed by atoms with Crippen LogP contribution in [0.25, 0.3) is 0 Å². The minimum atomic E-state index is -0.353. The third kappa shape index (κ3) is 4.87. The molecule has 0 fully saturated rings. The van der Waals surface area contributed by atoms with E-state index >= 15 is 0 Å². The van der Waals surface area contributed by atoms with Crippen molar-refractivity contribution in [3.63, 3.8) is 0 Å². The molecule has 9 heteroatoms. The van der Waals surface area contributed by atoms with Gasteiger partial charge >= 0.3 is 5.97 Å². The predicted molar refractivity (Wildman–Crippen MR) is 107 cm³/mol. The molecule has 1 aromatic carbocycles. The minimum Gasteiger partial charge on any atom is -0.460 e. The normalized spacial score (nSPS) is 13.7. The van der Waals surface area contributed by atoms with Crippen molar-refractivity contribution in [1.82, 2.24) is 15.0 Å². The number of thiazole rings is 1. The zero-order valence-corrected chi connectivity index (χ0v) is 16.7. The van der Waals surface area contributed by atoms with E-state index in [-0.39, 0.29) is 30.7 Å². The van der Waals surface area contributed by atoms with Crippen LogP contribution >= 0.6 is 11.3 Å². The number of hydrogen-bond acceptors (Lipinski definition) is 8. The van der Waals surface area contributed by atoms with E-state index in [1.54, 1.807) is 13.0 Å². The van der Waals surface area contributed by atoms with Crippen LogP contribution in [-0.2, 0) is 29.1 Å². The molecular weight excluding hydrogens is 392 g/mol. The number of anilines is 1. The number of ether oxygens (including phenoxy) is 1. The monoisotopic (exact) mass is 412 g/mol. The van der Waals surface area contributed by atoms with E-state index in [0.717, 1.165) is 22.6 Å². The lowest BCUT2D eigenvalue weighted by Gasteiger charge is -2.24. The van der Waals surface area contributed by atoms with E-state index in [9.17, 15) is 9.59 Å². The molecule has 1 amide bonds. The van der Waals surface area contributed by atoms with Crippen molar-refractivity contribution < 1.29 is 18.8 Å². The number of aromatic nitrogens is 2. The van der Waals surface area contributed by atoms with E-state index in [1.165, 1.54) is 11.3 Å². The lowest BCUT2D eigenvalue weighted by atomic mass is 10.2. The smallest absolute Gasteiger partial charge is 0.320 e. The van der Waals surface area contributed by atoms with Gasteiger partial charge in [-0.3, -0.25) is 19.8 Å². The Kier molecular flexibility index (Phi) is 5.68. The Balaban J connectivity index is 1.30. The minimum absolute atomic E-state index is 0.221. The first-order valence-electron chi connectivity index (χ1n) is 9.22. The van der Waals surface area contributed by atoms with Crippen molar-refractivity contribution in [2.75, 3.05) is 18.4 Å². The summed E-state index contributed by atoms with van der Waals surface area (Å²) in [5.74, 6) is -0.0329. The van der Waals surface area contributed by atoms with Crippen molar-refractivity contribution in [2.45, 2.75) is 26.5 Å². The van der Waals surface area contributed by atoms with Crippen LogP contribution in [0.1, 0.15) is 32.4 Å². The molecule has 2 aromatic heterocycles. The number of amides is 1. The fourth-order valence-corrected chi connectivity index (χ4v) is 4.08. The Bertz CT molecular complexity index is 1010. The fourth-order valence-electron chi connectivity index (χ4n) is 3.04. The van der Waals surface area contributed by atoms with Crippen LogP contribution in [0.2, 0.25) is 0 Å². The molecule has 0 aliphatic carbocycles. The van der Waals surface area contributed by atoms with Gasteiger partial charge in [0.15, 0.2) is 10.8 Å². The highest BCUT2D eigenvalue weighted by Crippen LogP contribution is 2.28. The Morgan fingerprint density at radius 3 is 2.90 bits per heavy atom. The van der Waals surface area contributed by atoms with E-state index in [0.29, 0.717) is 24.0 Å². The summed E-state index contributed by atoms with van der Waals surface area (Å²) >= 11 is 1.41. The fraction of sp³-hybridized carbons (Fsp3) is 0.300. The number of hydrogen-bond donors (Lipinski definition) is 1. The number of aryl methyl sites for hydroxylation is 1. The van der Waals surface area contributed by atoms with Gasteiger partial charge in [-0.05, 0) is 12.5 Å². The molecule has 0 atom stereocenters. The molecule has 1 N–H and O–H groups in total. The van der Waals surface area contributed by atoms with E-state index in [4.69, 9.17) is 9.26 Å². The topological polar surface area (TPSA) is 97.6 Å². The van der Waals surface area contributed by atoms with Crippen molar-refractivity contribution in [3.8, 4) is 0 Å². The molecule has 8 nitrogen and oxygen atoms in total. The largest absolute Gasteiger partial charge is 0.460 e. The first-order valence-corrected chi connectivity index (χ1v) is 10.0. The molecule has 1 aliphatic rings. The molecule has 0 bridgehead atoms. The van der Waals surface area contributed by atoms with Gasteiger partial charge in [-0.15, -0.1) is 11.3 Å². The van der Waals surface area contributed by atoms with Gasteiger partial charge in [0.25, 0.3) is 5.91 Å². The van der Waals surface area contributed by atoms with Gasteiger partial charge in [0.1, 0.15) is 12.4 Å². The molecule has 0 spiro atoms. The summed E-state index contributed by atoms with van der Waals surface area (Å²) in [5, 5.41) is 6.99. The second-order valence-electron chi connectivity index (χ2n) is 6.77. The predicted octanol–water partition coefficient (Wildman–Crippen LogP) is 2.79. The van der Waals surface area contributed by atoms with Crippen molar-refractivity contribution in [2.24, 2.45) is 0 Å². The van der Waals surface area contributed by atoms with Gasteiger partial charge in [-0.2, -0.15) is 0 Å². The number of fused-ring (bicyclic) bond motifs is 1. The number of benzene rings is 1. The van der Waals surface area contributed by atoms with Crippen LogP contribution in [0.4, 0.5) is 5.13 Å². The number of rotatable bonds is 6. The number of carbonyl (C=O) groups excluding carboxylic acids is 2. The van der Waals surface area contributed by atoms with Gasteiger partial charge in [0.2, 0.25) is 0 Å². The Labute approximate surface area is 171 Å². The molecule has 0 radical (unpaired) electrons. The van der Waals surface area contributed by atoms with Crippen molar-refractivity contribution in [1.29, 1.82) is 0 Å². The summed E-state index contributed by atoms with van der Waals surface area (Å²) < 4.78 is 10.3. The highest BCUT2D eigenvalue weighted by atomic mass is 32.1. The molecule has 1 aliphatic heterocycles. The Morgan fingerprint density at radius 2 is 2.14 bits per heavy atom. The van der Waals surface area contributed by atoms with Crippen LogP contribution in [0, 0.1) is 6.92 Å². The molecule has 3 aromatic rings. The van der Waals surface area contributed by atoms with E-state index in [1.807, 2.05) is 35.2 Å². The molecule has 29 heavy (non-hydrogen) atoms. The lowest BCUT2D eigenvalue weighted by Crippen LogP contribution is -2.35. The first-order chi connectivity index (χ1) is 14.1. The Hall–Kier alpha value is -3.04. The molecule has 0 unspecified atom stereocenters. The summed E-state index contributed by atoms with van der Waals surface area (Å²) in [6.07, 6.45) is 0.719. The van der Waals surface area contributed by atoms with Gasteiger partial charge in [-0.25, -0.2) is 4.98 Å². The lowest BCUT2D eigenvalue weighted by molar-refractivity contribution is -0.146. The molecule has 0 saturated carbocycles. The van der Waals surface area contributed by atoms with Crippen LogP contribution < -0.4 is 5.32 Å². The van der Waals surface area contributed by atoms with Crippen LogP contribution in [0.15, 0.2) is 40.9 Å². The van der Waals surface area contributed by atoms with Crippen LogP contribution in [0.5, 0.6) is 0 Å². The molecule has 150 valence electrons. The maximum Gasteiger partial charge on any atom is 0.320 e. The summed E-state index contributed by atoms with van der Waals surface area (Å²) in [6.45, 7) is 3.55. The van der Waals surface area contributed by atoms with Gasteiger partial charge in [-0.1, -0.05) is 35.5 Å². The van der Waals surface area contributed by atoms with Gasteiger partial charge in [0, 0.05) is 30.5 Å². The van der Waals surface area contributed by atoms with Gasteiger partial charge < -0.3 is 9.26 Å². The average Bonchev–Trinajstić information content (AvgIpc) is 3.32. The van der Waals surface area contributed by atoms with Crippen LogP contribution in [-0.4, -0.2) is 40.0 Å². The first kappa shape index (κ1) is 19.3. The standard InChI is InChI=1S/C20H20N4O4S/c1-13-9-16(23-28-13)19(26)22-20-21-15-7-8-24(10-17(15)29-20)11-18(25)27-12-14-5-3-2-4-6-14/h2-6,9H,7-8,10-12H2,1H3,(H,21,22,26). The zero-order valence-electron chi connectivity index (χ0n) is 15.9. The molecular formula is C20H20N4O4S. The quantitative estimate of drug-likeness (QED) is 0.622. The summed E-state index contributed by atoms with van der Waals surface area (Å²) in [4.78, 5) is 31.9. The van der Waals surface area contributed by atoms with Crippen LogP contribution in [0.3, 0.4) is 0 Å². The van der Waals surface area contributed by atoms with Crippen molar-refractivity contribution >= 4 is 28.3 Å². The third-order valence-electron chi connectivity index (χ3n) is 4.49. The SMILES string of the molecule is Cc1cc(C(=O)Nc2nc3c(s2)CN(CC(=O)OCc2ccccc2)CC3)no1. The highest BCUT2D eigenvalue weighted by molar-refractivity contribution is 7.15. The number of nitrogens with zero attached hydrogens (tertiary/aromatic N) is 3.